The van der Waals surface area contributed by atoms with Crippen molar-refractivity contribution in [2.45, 2.75) is 18.3 Å². The quantitative estimate of drug-likeness (QED) is 0.716. The monoisotopic (exact) mass is 227 g/mol. The molecule has 0 N–H and O–H groups in total. The Labute approximate surface area is 92.2 Å². The molecule has 0 aliphatic carbocycles. The molecule has 1 saturated heterocycles. The van der Waals surface area contributed by atoms with Crippen molar-refractivity contribution in [3.05, 3.63) is 16.6 Å². The highest BCUT2D eigenvalue weighted by Gasteiger charge is 2.45. The van der Waals surface area contributed by atoms with E-state index in [0.29, 0.717) is 13.2 Å². The average molecular weight is 227 g/mol. The summed E-state index contributed by atoms with van der Waals surface area (Å²) in [6, 6.07) is 0. The summed E-state index contributed by atoms with van der Waals surface area (Å²) in [5, 5.41) is 2.67. The highest BCUT2D eigenvalue weighted by molar-refractivity contribution is 7.09. The largest absolute Gasteiger partial charge is 0.468 e. The van der Waals surface area contributed by atoms with Crippen molar-refractivity contribution >= 4 is 17.3 Å². The summed E-state index contributed by atoms with van der Waals surface area (Å²) in [4.78, 5) is 16.1. The first-order chi connectivity index (χ1) is 7.29. The third-order valence-electron chi connectivity index (χ3n) is 2.66. The molecular weight excluding hydrogens is 214 g/mol. The minimum Gasteiger partial charge on any atom is -0.468 e. The lowest BCUT2D eigenvalue weighted by atomic mass is 9.83. The van der Waals surface area contributed by atoms with E-state index in [1.54, 1.807) is 6.20 Å². The van der Waals surface area contributed by atoms with Crippen molar-refractivity contribution in [2.75, 3.05) is 20.3 Å². The molecule has 5 heteroatoms. The molecule has 2 heterocycles. The smallest absolute Gasteiger partial charge is 0.321 e. The van der Waals surface area contributed by atoms with Crippen LogP contribution in [0.25, 0.3) is 0 Å². The Morgan fingerprint density at radius 3 is 3.13 bits per heavy atom. The van der Waals surface area contributed by atoms with Crippen LogP contribution in [0.1, 0.15) is 17.8 Å². The molecule has 1 atom stereocenters. The maximum absolute atomic E-state index is 11.9. The fourth-order valence-corrected chi connectivity index (χ4v) is 2.71. The van der Waals surface area contributed by atoms with Gasteiger partial charge in [0.1, 0.15) is 10.4 Å². The Bertz CT molecular complexity index is 330. The third kappa shape index (κ3) is 1.77. The maximum atomic E-state index is 11.9. The van der Waals surface area contributed by atoms with Crippen LogP contribution in [0, 0.1) is 0 Å². The van der Waals surface area contributed by atoms with E-state index in [9.17, 15) is 4.79 Å². The fourth-order valence-electron chi connectivity index (χ4n) is 1.87. The number of carbonyl (C=O) groups excluding carboxylic acids is 1. The lowest BCUT2D eigenvalue weighted by molar-refractivity contribution is -0.153. The molecule has 4 nitrogen and oxygen atoms in total. The molecule has 2 rings (SSSR count). The Hall–Kier alpha value is -0.940. The minimum absolute atomic E-state index is 0.239. The molecular formula is C10H13NO3S. The van der Waals surface area contributed by atoms with Gasteiger partial charge in [0.25, 0.3) is 0 Å². The number of esters is 1. The lowest BCUT2D eigenvalue weighted by Crippen LogP contribution is -2.44. The number of hydrogen-bond acceptors (Lipinski definition) is 5. The van der Waals surface area contributed by atoms with Crippen molar-refractivity contribution in [2.24, 2.45) is 0 Å². The van der Waals surface area contributed by atoms with Crippen LogP contribution in [0.4, 0.5) is 0 Å². The topological polar surface area (TPSA) is 48.4 Å². The Kier molecular flexibility index (Phi) is 3.02. The number of methoxy groups -OCH3 is 1. The van der Waals surface area contributed by atoms with Crippen molar-refractivity contribution in [1.29, 1.82) is 0 Å². The second kappa shape index (κ2) is 4.28. The van der Waals surface area contributed by atoms with E-state index >= 15 is 0 Å². The molecule has 0 amide bonds. The van der Waals surface area contributed by atoms with Crippen LogP contribution in [-0.2, 0) is 19.7 Å². The van der Waals surface area contributed by atoms with E-state index in [-0.39, 0.29) is 5.97 Å². The standard InChI is InChI=1S/C10H13NO3S/c1-13-9(12)10(3-2-5-14-7-10)8-11-4-6-15-8/h4,6H,2-3,5,7H2,1H3/t10-/m1/s1. The summed E-state index contributed by atoms with van der Waals surface area (Å²) in [5.41, 5.74) is -0.666. The Balaban J connectivity index is 2.34. The van der Waals surface area contributed by atoms with Crippen LogP contribution in [-0.4, -0.2) is 31.3 Å². The number of nitrogens with zero attached hydrogens (tertiary/aromatic N) is 1. The van der Waals surface area contributed by atoms with Crippen LogP contribution in [0.3, 0.4) is 0 Å². The molecule has 1 aliphatic rings. The highest BCUT2D eigenvalue weighted by atomic mass is 32.1. The molecule has 1 aromatic rings. The molecule has 1 aromatic heterocycles. The van der Waals surface area contributed by atoms with Gasteiger partial charge in [-0.15, -0.1) is 11.3 Å². The van der Waals surface area contributed by atoms with E-state index in [1.807, 2.05) is 5.38 Å². The van der Waals surface area contributed by atoms with Crippen molar-refractivity contribution in [1.82, 2.24) is 4.98 Å². The van der Waals surface area contributed by atoms with Gasteiger partial charge in [-0.1, -0.05) is 0 Å². The summed E-state index contributed by atoms with van der Waals surface area (Å²) in [5.74, 6) is -0.239. The average Bonchev–Trinajstić information content (AvgIpc) is 2.83. The summed E-state index contributed by atoms with van der Waals surface area (Å²) in [6.07, 6.45) is 3.33. The molecule has 0 bridgehead atoms. The van der Waals surface area contributed by atoms with Crippen LogP contribution < -0.4 is 0 Å². The predicted molar refractivity (Wildman–Crippen MR) is 55.9 cm³/mol. The molecule has 1 aliphatic heterocycles. The molecule has 0 aromatic carbocycles. The summed E-state index contributed by atoms with van der Waals surface area (Å²) >= 11 is 1.48. The van der Waals surface area contributed by atoms with Crippen molar-refractivity contribution in [3.63, 3.8) is 0 Å². The second-order valence-electron chi connectivity index (χ2n) is 3.57. The van der Waals surface area contributed by atoms with Gasteiger partial charge in [-0.25, -0.2) is 4.98 Å². The number of carbonyl (C=O) groups is 1. The van der Waals surface area contributed by atoms with Crippen LogP contribution in [0.15, 0.2) is 11.6 Å². The van der Waals surface area contributed by atoms with E-state index < -0.39 is 5.41 Å². The number of aromatic nitrogens is 1. The van der Waals surface area contributed by atoms with Gasteiger partial charge >= 0.3 is 5.97 Å². The van der Waals surface area contributed by atoms with Crippen molar-refractivity contribution in [3.8, 4) is 0 Å². The van der Waals surface area contributed by atoms with Gasteiger partial charge in [0.15, 0.2) is 0 Å². The van der Waals surface area contributed by atoms with Gasteiger partial charge in [-0.3, -0.25) is 4.79 Å². The normalized spacial score (nSPS) is 26.2. The number of thiazole rings is 1. The van der Waals surface area contributed by atoms with Gasteiger partial charge in [0.05, 0.1) is 13.7 Å². The van der Waals surface area contributed by atoms with Gasteiger partial charge in [0.2, 0.25) is 0 Å². The van der Waals surface area contributed by atoms with Crippen molar-refractivity contribution < 1.29 is 14.3 Å². The first kappa shape index (κ1) is 10.6. The van der Waals surface area contributed by atoms with Crippen LogP contribution in [0.5, 0.6) is 0 Å². The van der Waals surface area contributed by atoms with Gasteiger partial charge in [-0.2, -0.15) is 0 Å². The third-order valence-corrected chi connectivity index (χ3v) is 3.64. The molecule has 0 saturated carbocycles. The van der Waals surface area contributed by atoms with E-state index in [4.69, 9.17) is 9.47 Å². The molecule has 15 heavy (non-hydrogen) atoms. The summed E-state index contributed by atoms with van der Waals surface area (Å²) in [7, 11) is 1.41. The SMILES string of the molecule is COC(=O)[C@]1(c2nccs2)CCCOC1. The molecule has 0 unspecified atom stereocenters. The fraction of sp³-hybridized carbons (Fsp3) is 0.600. The first-order valence-corrected chi connectivity index (χ1v) is 5.74. The van der Waals surface area contributed by atoms with E-state index in [0.717, 1.165) is 17.8 Å². The minimum atomic E-state index is -0.666. The van der Waals surface area contributed by atoms with Gasteiger partial charge in [-0.05, 0) is 12.8 Å². The first-order valence-electron chi connectivity index (χ1n) is 4.86. The number of ether oxygens (including phenoxy) is 2. The summed E-state index contributed by atoms with van der Waals surface area (Å²) < 4.78 is 10.3. The summed E-state index contributed by atoms with van der Waals surface area (Å²) in [6.45, 7) is 1.09. The van der Waals surface area contributed by atoms with Crippen LogP contribution >= 0.6 is 11.3 Å². The number of hydrogen-bond donors (Lipinski definition) is 0. The zero-order valence-electron chi connectivity index (χ0n) is 8.56. The van der Waals surface area contributed by atoms with Crippen LogP contribution in [0.2, 0.25) is 0 Å². The van der Waals surface area contributed by atoms with Gasteiger partial charge in [0, 0.05) is 18.2 Å². The molecule has 0 spiro atoms. The Morgan fingerprint density at radius 1 is 1.73 bits per heavy atom. The molecule has 1 fully saturated rings. The van der Waals surface area contributed by atoms with Gasteiger partial charge < -0.3 is 9.47 Å². The Morgan fingerprint density at radius 2 is 2.60 bits per heavy atom. The maximum Gasteiger partial charge on any atom is 0.321 e. The zero-order chi connectivity index (χ0) is 10.7. The predicted octanol–water partition coefficient (Wildman–Crippen LogP) is 1.36. The second-order valence-corrected chi connectivity index (χ2v) is 4.46. The zero-order valence-corrected chi connectivity index (χ0v) is 9.38. The van der Waals surface area contributed by atoms with E-state index in [1.165, 1.54) is 18.4 Å². The lowest BCUT2D eigenvalue weighted by Gasteiger charge is -2.32. The highest BCUT2D eigenvalue weighted by Crippen LogP contribution is 2.35. The number of rotatable bonds is 2. The molecule has 0 radical (unpaired) electrons. The molecule has 82 valence electrons. The van der Waals surface area contributed by atoms with E-state index in [2.05, 4.69) is 4.98 Å².